The lowest BCUT2D eigenvalue weighted by Gasteiger charge is -2.12. The number of carbonyl (C=O) groups is 1. The summed E-state index contributed by atoms with van der Waals surface area (Å²) >= 11 is 0. The number of benzene rings is 2. The predicted octanol–water partition coefficient (Wildman–Crippen LogP) is 5.72. The molecule has 0 aliphatic carbocycles. The summed E-state index contributed by atoms with van der Waals surface area (Å²) in [5.41, 5.74) is 3.68. The maximum atomic E-state index is 14.1. The van der Waals surface area contributed by atoms with Crippen LogP contribution in [0.15, 0.2) is 54.9 Å². The molecule has 0 atom stereocenters. The number of carboxylic acid groups (broad SMARTS) is 1. The topological polar surface area (TPSA) is 64.4 Å². The van der Waals surface area contributed by atoms with E-state index in [1.807, 2.05) is 36.4 Å². The molecule has 5 nitrogen and oxygen atoms in total. The molecule has 3 aromatic rings. The van der Waals surface area contributed by atoms with Gasteiger partial charge in [-0.1, -0.05) is 43.7 Å². The van der Waals surface area contributed by atoms with Crippen molar-refractivity contribution < 1.29 is 32.2 Å². The second kappa shape index (κ2) is 11.3. The van der Waals surface area contributed by atoms with Crippen molar-refractivity contribution in [2.24, 2.45) is 0 Å². The third-order valence-corrected chi connectivity index (χ3v) is 4.62. The lowest BCUT2D eigenvalue weighted by molar-refractivity contribution is -0.192. The summed E-state index contributed by atoms with van der Waals surface area (Å²) in [5, 5.41) is 7.12. The van der Waals surface area contributed by atoms with E-state index in [1.54, 1.807) is 19.5 Å². The van der Waals surface area contributed by atoms with Crippen LogP contribution in [0.2, 0.25) is 0 Å². The van der Waals surface area contributed by atoms with Crippen LogP contribution in [0.1, 0.15) is 31.0 Å². The number of nitrogens with zero attached hydrogens (tertiary/aromatic N) is 2. The molecule has 3 rings (SSSR count). The molecule has 0 radical (unpaired) electrons. The number of alkyl halides is 3. The van der Waals surface area contributed by atoms with E-state index in [0.717, 1.165) is 42.0 Å². The molecular formula is C23H24F4N2O3. The van der Waals surface area contributed by atoms with Gasteiger partial charge in [-0.3, -0.25) is 0 Å². The number of halogens is 4. The number of unbranched alkanes of at least 4 members (excludes halogenated alkanes) is 1. The summed E-state index contributed by atoms with van der Waals surface area (Å²) in [4.78, 5) is 13.5. The quantitative estimate of drug-likeness (QED) is 0.466. The van der Waals surface area contributed by atoms with E-state index < -0.39 is 12.1 Å². The molecule has 0 bridgehead atoms. The normalized spacial score (nSPS) is 10.9. The van der Waals surface area contributed by atoms with Crippen molar-refractivity contribution in [1.29, 1.82) is 0 Å². The van der Waals surface area contributed by atoms with Gasteiger partial charge in [0.1, 0.15) is 11.6 Å². The van der Waals surface area contributed by atoms with Crippen LogP contribution in [-0.4, -0.2) is 33.9 Å². The van der Waals surface area contributed by atoms with Gasteiger partial charge in [0.25, 0.3) is 0 Å². The predicted molar refractivity (Wildman–Crippen MR) is 112 cm³/mol. The third-order valence-electron chi connectivity index (χ3n) is 4.62. The SMILES string of the molecule is CCCCc1c(-c2ccccc2OC)ncn1Cc1ccccc1F.O=C(O)C(F)(F)F. The molecular weight excluding hydrogens is 428 g/mol. The number of ether oxygens (including phenoxy) is 1. The van der Waals surface area contributed by atoms with E-state index in [1.165, 1.54) is 6.07 Å². The van der Waals surface area contributed by atoms with Crippen LogP contribution < -0.4 is 4.74 Å². The second-order valence-electron chi connectivity index (χ2n) is 6.87. The molecule has 0 unspecified atom stereocenters. The lowest BCUT2D eigenvalue weighted by Crippen LogP contribution is -2.21. The first-order chi connectivity index (χ1) is 15.2. The molecule has 172 valence electrons. The highest BCUT2D eigenvalue weighted by atomic mass is 19.4. The highest BCUT2D eigenvalue weighted by Gasteiger charge is 2.38. The summed E-state index contributed by atoms with van der Waals surface area (Å²) in [6.45, 7) is 2.65. The Kier molecular flexibility index (Phi) is 8.80. The Labute approximate surface area is 183 Å². The van der Waals surface area contributed by atoms with Gasteiger partial charge in [0, 0.05) is 16.8 Å². The van der Waals surface area contributed by atoms with Crippen molar-refractivity contribution in [3.63, 3.8) is 0 Å². The first-order valence-electron chi connectivity index (χ1n) is 9.89. The van der Waals surface area contributed by atoms with E-state index >= 15 is 0 Å². The smallest absolute Gasteiger partial charge is 0.490 e. The zero-order valence-electron chi connectivity index (χ0n) is 17.7. The first kappa shape index (κ1) is 24.9. The highest BCUT2D eigenvalue weighted by molar-refractivity contribution is 5.73. The van der Waals surface area contributed by atoms with Gasteiger partial charge in [-0.15, -0.1) is 0 Å². The third kappa shape index (κ3) is 6.57. The van der Waals surface area contributed by atoms with Crippen molar-refractivity contribution in [3.05, 3.63) is 71.9 Å². The van der Waals surface area contributed by atoms with Gasteiger partial charge >= 0.3 is 12.1 Å². The monoisotopic (exact) mass is 452 g/mol. The minimum atomic E-state index is -5.08. The molecule has 0 amide bonds. The molecule has 32 heavy (non-hydrogen) atoms. The Bertz CT molecular complexity index is 1030. The molecule has 0 fully saturated rings. The summed E-state index contributed by atoms with van der Waals surface area (Å²) < 4.78 is 53.3. The van der Waals surface area contributed by atoms with Crippen LogP contribution in [0.4, 0.5) is 17.6 Å². The number of imidazole rings is 1. The minimum absolute atomic E-state index is 0.184. The number of aromatic nitrogens is 2. The number of hydrogen-bond donors (Lipinski definition) is 1. The maximum absolute atomic E-state index is 14.1. The van der Waals surface area contributed by atoms with Gasteiger partial charge in [0.15, 0.2) is 0 Å². The molecule has 1 heterocycles. The van der Waals surface area contributed by atoms with E-state index in [2.05, 4.69) is 16.5 Å². The highest BCUT2D eigenvalue weighted by Crippen LogP contribution is 2.32. The van der Waals surface area contributed by atoms with Crippen molar-refractivity contribution in [3.8, 4) is 17.0 Å². The molecule has 0 aliphatic rings. The molecule has 1 N–H and O–H groups in total. The summed E-state index contributed by atoms with van der Waals surface area (Å²) in [5.74, 6) is -2.14. The van der Waals surface area contributed by atoms with Gasteiger partial charge in [-0.05, 0) is 31.0 Å². The lowest BCUT2D eigenvalue weighted by atomic mass is 10.1. The van der Waals surface area contributed by atoms with Gasteiger partial charge in [0.2, 0.25) is 0 Å². The number of carboxylic acids is 1. The molecule has 0 saturated carbocycles. The Hall–Kier alpha value is -3.36. The fourth-order valence-electron chi connectivity index (χ4n) is 3.03. The number of hydrogen-bond acceptors (Lipinski definition) is 3. The molecule has 0 spiro atoms. The minimum Gasteiger partial charge on any atom is -0.496 e. The van der Waals surface area contributed by atoms with Crippen LogP contribution >= 0.6 is 0 Å². The van der Waals surface area contributed by atoms with Gasteiger partial charge in [-0.2, -0.15) is 13.2 Å². The molecule has 9 heteroatoms. The molecule has 1 aromatic heterocycles. The Morgan fingerprint density at radius 2 is 1.75 bits per heavy atom. The summed E-state index contributed by atoms with van der Waals surface area (Å²) in [6, 6.07) is 14.8. The Balaban J connectivity index is 0.000000451. The van der Waals surface area contributed by atoms with Crippen LogP contribution in [0.25, 0.3) is 11.3 Å². The standard InChI is InChI=1S/C21H23FN2O.C2HF3O2/c1-3-4-12-19-21(17-10-6-8-13-20(17)25-2)23-15-24(19)14-16-9-5-7-11-18(16)22;3-2(4,5)1(6)7/h5-11,13,15H,3-4,12,14H2,1-2H3;(H,6,7). The fourth-order valence-corrected chi connectivity index (χ4v) is 3.03. The zero-order chi connectivity index (χ0) is 23.7. The molecule has 0 aliphatic heterocycles. The van der Waals surface area contributed by atoms with E-state index in [0.29, 0.717) is 12.1 Å². The molecule has 0 saturated heterocycles. The Morgan fingerprint density at radius 1 is 1.12 bits per heavy atom. The number of methoxy groups -OCH3 is 1. The Morgan fingerprint density at radius 3 is 2.34 bits per heavy atom. The van der Waals surface area contributed by atoms with E-state index in [4.69, 9.17) is 14.6 Å². The van der Waals surface area contributed by atoms with Crippen molar-refractivity contribution >= 4 is 5.97 Å². The van der Waals surface area contributed by atoms with Gasteiger partial charge in [-0.25, -0.2) is 14.2 Å². The van der Waals surface area contributed by atoms with Crippen molar-refractivity contribution in [2.45, 2.75) is 38.9 Å². The first-order valence-corrected chi connectivity index (χ1v) is 9.89. The maximum Gasteiger partial charge on any atom is 0.490 e. The average molecular weight is 452 g/mol. The summed E-state index contributed by atoms with van der Waals surface area (Å²) in [6.07, 6.45) is -0.223. The van der Waals surface area contributed by atoms with Crippen molar-refractivity contribution in [1.82, 2.24) is 9.55 Å². The zero-order valence-corrected chi connectivity index (χ0v) is 17.7. The summed E-state index contributed by atoms with van der Waals surface area (Å²) in [7, 11) is 1.67. The number of para-hydroxylation sites is 1. The van der Waals surface area contributed by atoms with Crippen LogP contribution in [0.5, 0.6) is 5.75 Å². The number of aliphatic carboxylic acids is 1. The average Bonchev–Trinajstić information content (AvgIpc) is 3.15. The van der Waals surface area contributed by atoms with Crippen LogP contribution in [0, 0.1) is 5.82 Å². The number of rotatable bonds is 7. The van der Waals surface area contributed by atoms with Gasteiger partial charge < -0.3 is 14.4 Å². The van der Waals surface area contributed by atoms with E-state index in [-0.39, 0.29) is 5.82 Å². The second-order valence-corrected chi connectivity index (χ2v) is 6.87. The fraction of sp³-hybridized carbons (Fsp3) is 0.304. The van der Waals surface area contributed by atoms with Crippen molar-refractivity contribution in [2.75, 3.05) is 7.11 Å². The van der Waals surface area contributed by atoms with Crippen LogP contribution in [0.3, 0.4) is 0 Å². The molecule has 2 aromatic carbocycles. The van der Waals surface area contributed by atoms with E-state index in [9.17, 15) is 17.6 Å². The van der Waals surface area contributed by atoms with Crippen LogP contribution in [-0.2, 0) is 17.8 Å². The van der Waals surface area contributed by atoms with Gasteiger partial charge in [0.05, 0.1) is 25.7 Å². The largest absolute Gasteiger partial charge is 0.496 e.